The minimum atomic E-state index is -1.38. The van der Waals surface area contributed by atoms with E-state index in [4.69, 9.17) is 42.6 Å². The molecule has 0 aliphatic rings. The molecule has 3 aromatic carbocycles. The Morgan fingerprint density at radius 1 is 0.600 bits per heavy atom. The third kappa shape index (κ3) is 8.70. The Balaban J connectivity index is 1.83. The van der Waals surface area contributed by atoms with E-state index in [9.17, 15) is 14.7 Å². The number of ether oxygens (including phenoxy) is 9. The first-order valence-corrected chi connectivity index (χ1v) is 14.0. The van der Waals surface area contributed by atoms with Crippen LogP contribution in [-0.4, -0.2) is 79.5 Å². The molecule has 0 fully saturated rings. The highest BCUT2D eigenvalue weighted by Gasteiger charge is 2.34. The number of benzene rings is 3. The first-order chi connectivity index (χ1) is 21.7. The van der Waals surface area contributed by atoms with E-state index in [2.05, 4.69) is 0 Å². The molecule has 0 saturated heterocycles. The molecule has 1 atom stereocenters. The molecule has 0 spiro atoms. The number of aliphatic hydroxyl groups is 1. The lowest BCUT2D eigenvalue weighted by Crippen LogP contribution is -2.39. The van der Waals surface area contributed by atoms with Crippen molar-refractivity contribution in [3.63, 3.8) is 0 Å². The molecule has 12 nitrogen and oxygen atoms in total. The van der Waals surface area contributed by atoms with E-state index in [0.717, 1.165) is 0 Å². The average Bonchev–Trinajstić information content (AvgIpc) is 3.09. The quantitative estimate of drug-likeness (QED) is 0.161. The molecule has 0 heterocycles. The maximum atomic E-state index is 13.1. The summed E-state index contributed by atoms with van der Waals surface area (Å²) >= 11 is 0. The lowest BCUT2D eigenvalue weighted by atomic mass is 9.88. The predicted octanol–water partition coefficient (Wildman–Crippen LogP) is 4.86. The second kappa shape index (κ2) is 16.4. The summed E-state index contributed by atoms with van der Waals surface area (Å²) in [4.78, 5) is 26.2. The molecule has 1 N–H and O–H groups in total. The van der Waals surface area contributed by atoms with Crippen molar-refractivity contribution in [2.24, 2.45) is 5.41 Å². The van der Waals surface area contributed by atoms with E-state index in [1.165, 1.54) is 54.8 Å². The van der Waals surface area contributed by atoms with Crippen LogP contribution < -0.4 is 28.4 Å². The summed E-state index contributed by atoms with van der Waals surface area (Å²) in [5.41, 5.74) is -0.185. The number of aliphatic hydroxyl groups excluding tert-OH is 1. The van der Waals surface area contributed by atoms with Crippen LogP contribution in [0.5, 0.6) is 34.5 Å². The molecule has 244 valence electrons. The molecule has 0 radical (unpaired) electrons. The second-order valence-corrected chi connectivity index (χ2v) is 9.92. The largest absolute Gasteiger partial charge is 0.493 e. The minimum Gasteiger partial charge on any atom is -0.493 e. The van der Waals surface area contributed by atoms with Crippen molar-refractivity contribution in [2.45, 2.75) is 19.6 Å². The van der Waals surface area contributed by atoms with Gasteiger partial charge in [0.1, 0.15) is 13.2 Å². The topological polar surface area (TPSA) is 137 Å². The monoisotopic (exact) mass is 628 g/mol. The molecule has 45 heavy (non-hydrogen) atoms. The van der Waals surface area contributed by atoms with E-state index < -0.39 is 23.6 Å². The van der Waals surface area contributed by atoms with Crippen LogP contribution in [0.3, 0.4) is 0 Å². The first kappa shape index (κ1) is 34.8. The van der Waals surface area contributed by atoms with E-state index in [-0.39, 0.29) is 30.9 Å². The van der Waals surface area contributed by atoms with E-state index in [1.54, 1.807) is 42.5 Å². The van der Waals surface area contributed by atoms with Gasteiger partial charge in [0.2, 0.25) is 0 Å². The van der Waals surface area contributed by atoms with Gasteiger partial charge in [0, 0.05) is 5.56 Å². The Morgan fingerprint density at radius 3 is 1.40 bits per heavy atom. The molecule has 3 rings (SSSR count). The third-order valence-electron chi connectivity index (χ3n) is 7.25. The van der Waals surface area contributed by atoms with Gasteiger partial charge in [-0.2, -0.15) is 0 Å². The van der Waals surface area contributed by atoms with Crippen LogP contribution in [0.15, 0.2) is 54.6 Å². The van der Waals surface area contributed by atoms with E-state index >= 15 is 0 Å². The van der Waals surface area contributed by atoms with Gasteiger partial charge in [-0.3, -0.25) is 0 Å². The summed E-state index contributed by atoms with van der Waals surface area (Å²) in [6.45, 7) is 1.29. The molecule has 1 unspecified atom stereocenters. The molecule has 0 aliphatic carbocycles. The van der Waals surface area contributed by atoms with Gasteiger partial charge in [0.05, 0.1) is 65.8 Å². The molecular weight excluding hydrogens is 588 g/mol. The zero-order chi connectivity index (χ0) is 33.0. The van der Waals surface area contributed by atoms with Gasteiger partial charge in [-0.25, -0.2) is 9.59 Å². The van der Waals surface area contributed by atoms with Crippen molar-refractivity contribution < 1.29 is 57.3 Å². The van der Waals surface area contributed by atoms with Gasteiger partial charge in [-0.05, 0) is 55.0 Å². The molecular formula is C33H40O12. The predicted molar refractivity (Wildman–Crippen MR) is 163 cm³/mol. The fraction of sp³-hybridized carbons (Fsp3) is 0.394. The third-order valence-corrected chi connectivity index (χ3v) is 7.25. The van der Waals surface area contributed by atoms with Crippen LogP contribution in [0.1, 0.15) is 45.9 Å². The number of carbonyl (C=O) groups excluding carboxylic acids is 2. The van der Waals surface area contributed by atoms with E-state index in [0.29, 0.717) is 46.5 Å². The lowest BCUT2D eigenvalue weighted by Gasteiger charge is -2.32. The molecule has 12 heteroatoms. The SMILES string of the molecule is CCC(COC(=O)c1ccc(OC)c(OC)c1)(COC(=O)c1ccc(OC)c(OC)c1)COC(O)c1ccc(OC)c(OC)c1. The van der Waals surface area contributed by atoms with Crippen LogP contribution in [-0.2, 0) is 14.2 Å². The van der Waals surface area contributed by atoms with Crippen LogP contribution >= 0.6 is 0 Å². The highest BCUT2D eigenvalue weighted by atomic mass is 16.6. The molecule has 3 aromatic rings. The van der Waals surface area contributed by atoms with Crippen molar-refractivity contribution in [3.05, 3.63) is 71.3 Å². The van der Waals surface area contributed by atoms with Gasteiger partial charge in [-0.15, -0.1) is 0 Å². The summed E-state index contributed by atoms with van der Waals surface area (Å²) < 4.78 is 49.0. The second-order valence-electron chi connectivity index (χ2n) is 9.92. The highest BCUT2D eigenvalue weighted by Crippen LogP contribution is 2.34. The highest BCUT2D eigenvalue weighted by molar-refractivity contribution is 5.91. The molecule has 0 saturated carbocycles. The van der Waals surface area contributed by atoms with Crippen molar-refractivity contribution in [1.82, 2.24) is 0 Å². The molecule has 0 amide bonds. The van der Waals surface area contributed by atoms with Crippen LogP contribution in [0.4, 0.5) is 0 Å². The fourth-order valence-corrected chi connectivity index (χ4v) is 4.32. The zero-order valence-corrected chi connectivity index (χ0v) is 26.5. The fourth-order valence-electron chi connectivity index (χ4n) is 4.32. The van der Waals surface area contributed by atoms with Gasteiger partial charge < -0.3 is 47.7 Å². The lowest BCUT2D eigenvalue weighted by molar-refractivity contribution is -0.145. The molecule has 0 bridgehead atoms. The average molecular weight is 629 g/mol. The summed E-state index contributed by atoms with van der Waals surface area (Å²) in [6, 6.07) is 14.2. The number of hydrogen-bond donors (Lipinski definition) is 1. The summed E-state index contributed by atoms with van der Waals surface area (Å²) in [5, 5.41) is 10.9. The summed E-state index contributed by atoms with van der Waals surface area (Å²) in [6.07, 6.45) is -1.02. The van der Waals surface area contributed by atoms with Crippen molar-refractivity contribution in [2.75, 3.05) is 62.5 Å². The smallest absolute Gasteiger partial charge is 0.338 e. The number of rotatable bonds is 17. The Bertz CT molecular complexity index is 1370. The van der Waals surface area contributed by atoms with Gasteiger partial charge in [0.15, 0.2) is 40.8 Å². The van der Waals surface area contributed by atoms with Gasteiger partial charge in [-0.1, -0.05) is 13.0 Å². The van der Waals surface area contributed by atoms with Crippen LogP contribution in [0.2, 0.25) is 0 Å². The van der Waals surface area contributed by atoms with Crippen molar-refractivity contribution in [1.29, 1.82) is 0 Å². The molecule has 0 aromatic heterocycles. The first-order valence-electron chi connectivity index (χ1n) is 14.0. The van der Waals surface area contributed by atoms with E-state index in [1.807, 2.05) is 6.92 Å². The van der Waals surface area contributed by atoms with Crippen LogP contribution in [0.25, 0.3) is 0 Å². The maximum absolute atomic E-state index is 13.1. The van der Waals surface area contributed by atoms with Crippen molar-refractivity contribution in [3.8, 4) is 34.5 Å². The Labute approximate surface area is 262 Å². The standard InChI is InChI=1S/C33H40O12/c1-8-33(18-43-30(34)21-9-12-24(37-2)27(15-21)40-5,19-44-31(35)22-10-13-25(38-3)28(16-22)41-6)20-45-32(36)23-11-14-26(39-4)29(17-23)42-7/h9-17,30,34H,8,18-20H2,1-7H3. The van der Waals surface area contributed by atoms with Crippen molar-refractivity contribution >= 4 is 11.9 Å². The van der Waals surface area contributed by atoms with Crippen LogP contribution in [0, 0.1) is 5.41 Å². The number of methoxy groups -OCH3 is 6. The Morgan fingerprint density at radius 2 is 1.00 bits per heavy atom. The zero-order valence-electron chi connectivity index (χ0n) is 26.5. The summed E-state index contributed by atoms with van der Waals surface area (Å²) in [7, 11) is 8.89. The summed E-state index contributed by atoms with van der Waals surface area (Å²) in [5.74, 6) is 1.25. The Hall–Kier alpha value is -4.68. The number of esters is 2. The normalized spacial score (nSPS) is 11.6. The minimum absolute atomic E-state index is 0.141. The Kier molecular flexibility index (Phi) is 12.7. The number of hydrogen-bond acceptors (Lipinski definition) is 12. The number of carbonyl (C=O) groups is 2. The molecule has 0 aliphatic heterocycles. The maximum Gasteiger partial charge on any atom is 0.338 e. The van der Waals surface area contributed by atoms with Gasteiger partial charge in [0.25, 0.3) is 0 Å². The van der Waals surface area contributed by atoms with Gasteiger partial charge >= 0.3 is 11.9 Å².